The largest absolute Gasteiger partial charge is 0.397 e. The molecule has 0 aliphatic carbocycles. The molecule has 18 heavy (non-hydrogen) atoms. The minimum atomic E-state index is -0.842. The van der Waals surface area contributed by atoms with Gasteiger partial charge in [0.2, 0.25) is 0 Å². The molecular weight excluding hydrogens is 236 g/mol. The van der Waals surface area contributed by atoms with Gasteiger partial charge in [0.1, 0.15) is 0 Å². The topological polar surface area (TPSA) is 32.5 Å². The Kier molecular flexibility index (Phi) is 3.71. The van der Waals surface area contributed by atoms with Crippen LogP contribution in [0.5, 0.6) is 0 Å². The maximum atomic E-state index is 13.9. The number of rotatable bonds is 2. The van der Waals surface area contributed by atoms with E-state index in [0.29, 0.717) is 18.3 Å². The molecule has 2 N–H and O–H groups in total. The van der Waals surface area contributed by atoms with Crippen molar-refractivity contribution < 1.29 is 8.78 Å². The van der Waals surface area contributed by atoms with Crippen LogP contribution >= 0.6 is 0 Å². The minimum Gasteiger partial charge on any atom is -0.397 e. The quantitative estimate of drug-likeness (QED) is 0.821. The molecule has 1 aliphatic heterocycles. The molecule has 1 heterocycles. The summed E-state index contributed by atoms with van der Waals surface area (Å²) in [5.74, 6) is -1.68. The zero-order chi connectivity index (χ0) is 13.3. The zero-order valence-electron chi connectivity index (χ0n) is 10.8. The summed E-state index contributed by atoms with van der Waals surface area (Å²) in [6, 6.07) is 2.84. The average molecular weight is 255 g/mol. The van der Waals surface area contributed by atoms with Crippen molar-refractivity contribution in [2.45, 2.75) is 18.9 Å². The summed E-state index contributed by atoms with van der Waals surface area (Å²) in [7, 11) is 4.00. The van der Waals surface area contributed by atoms with E-state index in [1.165, 1.54) is 6.07 Å². The summed E-state index contributed by atoms with van der Waals surface area (Å²) in [5, 5.41) is 0. The molecule has 0 aromatic heterocycles. The van der Waals surface area contributed by atoms with Crippen molar-refractivity contribution in [2.24, 2.45) is 0 Å². The fourth-order valence-electron chi connectivity index (χ4n) is 2.46. The summed E-state index contributed by atoms with van der Waals surface area (Å²) in [5.41, 5.74) is 6.29. The number of likely N-dealkylation sites (N-methyl/N-ethyl adjacent to an activating group) is 1. The second-order valence-electron chi connectivity index (χ2n) is 5.00. The van der Waals surface area contributed by atoms with Gasteiger partial charge in [-0.05, 0) is 39.1 Å². The smallest absolute Gasteiger partial charge is 0.184 e. The van der Waals surface area contributed by atoms with Gasteiger partial charge in [-0.3, -0.25) is 0 Å². The lowest BCUT2D eigenvalue weighted by Gasteiger charge is -2.38. The van der Waals surface area contributed by atoms with E-state index in [0.717, 1.165) is 25.5 Å². The van der Waals surface area contributed by atoms with Crippen molar-refractivity contribution in [1.82, 2.24) is 4.90 Å². The molecule has 1 atom stereocenters. The number of piperidine rings is 1. The Morgan fingerprint density at radius 2 is 2.06 bits per heavy atom. The summed E-state index contributed by atoms with van der Waals surface area (Å²) < 4.78 is 27.2. The van der Waals surface area contributed by atoms with E-state index in [9.17, 15) is 8.78 Å². The maximum absolute atomic E-state index is 13.9. The van der Waals surface area contributed by atoms with E-state index in [-0.39, 0.29) is 5.69 Å². The summed E-state index contributed by atoms with van der Waals surface area (Å²) in [6.45, 7) is 1.40. The van der Waals surface area contributed by atoms with Crippen LogP contribution in [0.3, 0.4) is 0 Å². The van der Waals surface area contributed by atoms with Gasteiger partial charge in [-0.2, -0.15) is 0 Å². The number of hydrogen-bond acceptors (Lipinski definition) is 3. The van der Waals surface area contributed by atoms with E-state index in [4.69, 9.17) is 5.73 Å². The maximum Gasteiger partial charge on any atom is 0.184 e. The lowest BCUT2D eigenvalue weighted by Crippen LogP contribution is -2.45. The van der Waals surface area contributed by atoms with Gasteiger partial charge in [-0.25, -0.2) is 8.78 Å². The molecule has 1 fully saturated rings. The third-order valence-electron chi connectivity index (χ3n) is 3.54. The molecule has 1 aromatic rings. The molecule has 0 radical (unpaired) electrons. The normalized spacial score (nSPS) is 20.5. The van der Waals surface area contributed by atoms with E-state index in [2.05, 4.69) is 4.90 Å². The third kappa shape index (κ3) is 2.41. The highest BCUT2D eigenvalue weighted by atomic mass is 19.2. The van der Waals surface area contributed by atoms with Crippen molar-refractivity contribution in [1.29, 1.82) is 0 Å². The lowest BCUT2D eigenvalue weighted by atomic mass is 10.0. The lowest BCUT2D eigenvalue weighted by molar-refractivity contribution is 0.257. The van der Waals surface area contributed by atoms with Gasteiger partial charge in [0, 0.05) is 19.1 Å². The second kappa shape index (κ2) is 5.10. The Labute approximate surface area is 106 Å². The van der Waals surface area contributed by atoms with Gasteiger partial charge in [0.05, 0.1) is 11.4 Å². The highest BCUT2D eigenvalue weighted by molar-refractivity contribution is 5.68. The van der Waals surface area contributed by atoms with Crippen LogP contribution in [-0.2, 0) is 0 Å². The predicted molar refractivity (Wildman–Crippen MR) is 69.7 cm³/mol. The van der Waals surface area contributed by atoms with E-state index in [1.807, 2.05) is 19.0 Å². The molecular formula is C13H19F2N3. The molecule has 1 aromatic carbocycles. The van der Waals surface area contributed by atoms with E-state index in [1.54, 1.807) is 0 Å². The summed E-state index contributed by atoms with van der Waals surface area (Å²) in [6.07, 6.45) is 2.03. The van der Waals surface area contributed by atoms with Gasteiger partial charge in [-0.15, -0.1) is 0 Å². The predicted octanol–water partition coefficient (Wildman–Crippen LogP) is 2.08. The van der Waals surface area contributed by atoms with Crippen LogP contribution in [0.4, 0.5) is 20.2 Å². The highest BCUT2D eigenvalue weighted by Crippen LogP contribution is 2.31. The molecule has 1 unspecified atom stereocenters. The Bertz CT molecular complexity index is 434. The molecule has 0 saturated carbocycles. The Morgan fingerprint density at radius 3 is 2.72 bits per heavy atom. The summed E-state index contributed by atoms with van der Waals surface area (Å²) in [4.78, 5) is 3.96. The minimum absolute atomic E-state index is 0.210. The van der Waals surface area contributed by atoms with Gasteiger partial charge in [-0.1, -0.05) is 0 Å². The standard InChI is InChI=1S/C13H19F2N3/c1-17(2)9-4-3-7-18(8-9)13-11(16)6-5-10(14)12(13)15/h5-6,9H,3-4,7-8,16H2,1-2H3. The van der Waals surface area contributed by atoms with Crippen LogP contribution in [0.2, 0.25) is 0 Å². The molecule has 0 amide bonds. The van der Waals surface area contributed by atoms with E-state index < -0.39 is 11.6 Å². The van der Waals surface area contributed by atoms with E-state index >= 15 is 0 Å². The Balaban J connectivity index is 2.28. The SMILES string of the molecule is CN(C)C1CCCN(c2c(N)ccc(F)c2F)C1. The van der Waals surface area contributed by atoms with Gasteiger partial charge >= 0.3 is 0 Å². The van der Waals surface area contributed by atoms with Crippen LogP contribution in [-0.4, -0.2) is 38.1 Å². The van der Waals surface area contributed by atoms with Crippen LogP contribution < -0.4 is 10.6 Å². The van der Waals surface area contributed by atoms with Crippen molar-refractivity contribution in [3.05, 3.63) is 23.8 Å². The van der Waals surface area contributed by atoms with Crippen LogP contribution in [0.25, 0.3) is 0 Å². The highest BCUT2D eigenvalue weighted by Gasteiger charge is 2.25. The summed E-state index contributed by atoms with van der Waals surface area (Å²) >= 11 is 0. The first kappa shape index (κ1) is 13.1. The van der Waals surface area contributed by atoms with Crippen molar-refractivity contribution in [2.75, 3.05) is 37.8 Å². The van der Waals surface area contributed by atoms with Crippen molar-refractivity contribution in [3.63, 3.8) is 0 Å². The fraction of sp³-hybridized carbons (Fsp3) is 0.538. The average Bonchev–Trinajstić information content (AvgIpc) is 2.35. The fourth-order valence-corrected chi connectivity index (χ4v) is 2.46. The van der Waals surface area contributed by atoms with Gasteiger partial charge in [0.15, 0.2) is 11.6 Å². The van der Waals surface area contributed by atoms with Gasteiger partial charge < -0.3 is 15.5 Å². The molecule has 1 saturated heterocycles. The number of halogens is 2. The zero-order valence-corrected chi connectivity index (χ0v) is 10.8. The molecule has 100 valence electrons. The number of nitrogen functional groups attached to an aromatic ring is 1. The first-order valence-corrected chi connectivity index (χ1v) is 6.15. The number of hydrogen-bond donors (Lipinski definition) is 1. The molecule has 0 spiro atoms. The van der Waals surface area contributed by atoms with Gasteiger partial charge in [0.25, 0.3) is 0 Å². The Hall–Kier alpha value is -1.36. The van der Waals surface area contributed by atoms with Crippen LogP contribution in [0, 0.1) is 11.6 Å². The van der Waals surface area contributed by atoms with Crippen LogP contribution in [0.15, 0.2) is 12.1 Å². The van der Waals surface area contributed by atoms with Crippen molar-refractivity contribution >= 4 is 11.4 Å². The third-order valence-corrected chi connectivity index (χ3v) is 3.54. The molecule has 0 bridgehead atoms. The Morgan fingerprint density at radius 1 is 1.33 bits per heavy atom. The number of nitrogens with zero attached hydrogens (tertiary/aromatic N) is 2. The molecule has 5 heteroatoms. The first-order chi connectivity index (χ1) is 8.50. The second-order valence-corrected chi connectivity index (χ2v) is 5.00. The number of anilines is 2. The molecule has 1 aliphatic rings. The van der Waals surface area contributed by atoms with Crippen molar-refractivity contribution in [3.8, 4) is 0 Å². The van der Waals surface area contributed by atoms with Crippen LogP contribution in [0.1, 0.15) is 12.8 Å². The monoisotopic (exact) mass is 255 g/mol. The number of benzene rings is 1. The molecule has 2 rings (SSSR count). The first-order valence-electron chi connectivity index (χ1n) is 6.15. The molecule has 3 nitrogen and oxygen atoms in total. The number of nitrogens with two attached hydrogens (primary N) is 1.